The molecule has 22 heavy (non-hydrogen) atoms. The van der Waals surface area contributed by atoms with Crippen molar-refractivity contribution in [1.29, 1.82) is 0 Å². The summed E-state index contributed by atoms with van der Waals surface area (Å²) < 4.78 is 6.84. The van der Waals surface area contributed by atoms with Crippen molar-refractivity contribution in [3.63, 3.8) is 0 Å². The van der Waals surface area contributed by atoms with Gasteiger partial charge in [0, 0.05) is 31.2 Å². The number of nitrogens with zero attached hydrogens (tertiary/aromatic N) is 1. The summed E-state index contributed by atoms with van der Waals surface area (Å²) in [4.78, 5) is 11.5. The van der Waals surface area contributed by atoms with E-state index >= 15 is 0 Å². The highest BCUT2D eigenvalue weighted by molar-refractivity contribution is 6.13. The zero-order valence-corrected chi connectivity index (χ0v) is 13.4. The van der Waals surface area contributed by atoms with Crippen LogP contribution in [0.1, 0.15) is 46.0 Å². The molecule has 120 valence electrons. The molecule has 0 bridgehead atoms. The smallest absolute Gasteiger partial charge is 0.338 e. The van der Waals surface area contributed by atoms with Gasteiger partial charge in [0.05, 0.1) is 11.7 Å². The van der Waals surface area contributed by atoms with Gasteiger partial charge in [-0.05, 0) is 48.7 Å². The van der Waals surface area contributed by atoms with Crippen LogP contribution in [-0.2, 0) is 11.3 Å². The molecular formula is C16H21ClN2O3. The molecule has 0 aromatic heterocycles. The molecule has 3 rings (SSSR count). The van der Waals surface area contributed by atoms with E-state index in [-0.39, 0.29) is 5.97 Å². The lowest BCUT2D eigenvalue weighted by molar-refractivity contribution is 0.0535. The van der Waals surface area contributed by atoms with Crippen LogP contribution in [0.15, 0.2) is 12.1 Å². The zero-order valence-electron chi connectivity index (χ0n) is 12.6. The van der Waals surface area contributed by atoms with E-state index in [0.717, 1.165) is 42.6 Å². The number of carbonyl (C=O) groups is 1. The van der Waals surface area contributed by atoms with Crippen molar-refractivity contribution in [2.45, 2.75) is 38.5 Å². The van der Waals surface area contributed by atoms with Gasteiger partial charge in [0.2, 0.25) is 0 Å². The summed E-state index contributed by atoms with van der Waals surface area (Å²) in [5.74, 6) is -0.276. The minimum absolute atomic E-state index is 0.276. The Morgan fingerprint density at radius 1 is 1.55 bits per heavy atom. The SMILES string of the molecule is Cc1c([C@@H](O)CNC2CCCN(Cl)C2)ccc2c1COC2=O. The van der Waals surface area contributed by atoms with Gasteiger partial charge in [0.1, 0.15) is 6.61 Å². The maximum Gasteiger partial charge on any atom is 0.338 e. The van der Waals surface area contributed by atoms with Crippen LogP contribution in [-0.4, -0.2) is 41.2 Å². The fourth-order valence-electron chi connectivity index (χ4n) is 3.21. The Morgan fingerprint density at radius 2 is 2.36 bits per heavy atom. The maximum atomic E-state index is 11.5. The van der Waals surface area contributed by atoms with Gasteiger partial charge in [-0.3, -0.25) is 0 Å². The number of hydrogen-bond donors (Lipinski definition) is 2. The van der Waals surface area contributed by atoms with E-state index in [2.05, 4.69) is 5.32 Å². The van der Waals surface area contributed by atoms with Gasteiger partial charge in [0.15, 0.2) is 0 Å². The maximum absolute atomic E-state index is 11.5. The number of piperidine rings is 1. The van der Waals surface area contributed by atoms with E-state index in [1.165, 1.54) is 0 Å². The number of cyclic esters (lactones) is 1. The average Bonchev–Trinajstić information content (AvgIpc) is 2.88. The van der Waals surface area contributed by atoms with E-state index in [0.29, 0.717) is 24.8 Å². The van der Waals surface area contributed by atoms with Crippen molar-refractivity contribution in [1.82, 2.24) is 9.74 Å². The van der Waals surface area contributed by atoms with Gasteiger partial charge in [-0.2, -0.15) is 0 Å². The van der Waals surface area contributed by atoms with Crippen molar-refractivity contribution in [2.75, 3.05) is 19.6 Å². The molecule has 1 unspecified atom stereocenters. The number of aliphatic hydroxyl groups excluding tert-OH is 1. The van der Waals surface area contributed by atoms with Crippen LogP contribution < -0.4 is 5.32 Å². The number of nitrogens with one attached hydrogen (secondary N) is 1. The molecule has 0 saturated carbocycles. The lowest BCUT2D eigenvalue weighted by atomic mass is 9.95. The molecule has 1 fully saturated rings. The number of halogens is 1. The van der Waals surface area contributed by atoms with E-state index in [9.17, 15) is 9.90 Å². The highest BCUT2D eigenvalue weighted by Gasteiger charge is 2.26. The van der Waals surface area contributed by atoms with Crippen molar-refractivity contribution < 1.29 is 14.6 Å². The molecule has 0 amide bonds. The predicted octanol–water partition coefficient (Wildman–Crippen LogP) is 1.91. The molecule has 1 aromatic rings. The van der Waals surface area contributed by atoms with Gasteiger partial charge in [-0.15, -0.1) is 0 Å². The van der Waals surface area contributed by atoms with Gasteiger partial charge in [0.25, 0.3) is 0 Å². The Labute approximate surface area is 135 Å². The van der Waals surface area contributed by atoms with Crippen LogP contribution >= 0.6 is 11.8 Å². The summed E-state index contributed by atoms with van der Waals surface area (Å²) >= 11 is 6.03. The third-order valence-corrected chi connectivity index (χ3v) is 4.85. The lowest BCUT2D eigenvalue weighted by Crippen LogP contribution is -2.43. The number of esters is 1. The Hall–Kier alpha value is -1.14. The number of rotatable bonds is 4. The van der Waals surface area contributed by atoms with Crippen molar-refractivity contribution in [3.05, 3.63) is 34.4 Å². The predicted molar refractivity (Wildman–Crippen MR) is 83.7 cm³/mol. The van der Waals surface area contributed by atoms with Gasteiger partial charge >= 0.3 is 5.97 Å². The van der Waals surface area contributed by atoms with Crippen LogP contribution in [0.4, 0.5) is 0 Å². The number of aliphatic hydroxyl groups is 1. The summed E-state index contributed by atoms with van der Waals surface area (Å²) in [6, 6.07) is 3.87. The fraction of sp³-hybridized carbons (Fsp3) is 0.562. The average molecular weight is 325 g/mol. The second-order valence-corrected chi connectivity index (χ2v) is 6.49. The second-order valence-electron chi connectivity index (χ2n) is 6.01. The minimum atomic E-state index is -0.605. The summed E-state index contributed by atoms with van der Waals surface area (Å²) in [7, 11) is 0. The van der Waals surface area contributed by atoms with E-state index in [1.54, 1.807) is 10.5 Å². The summed E-state index contributed by atoms with van der Waals surface area (Å²) in [6.07, 6.45) is 1.53. The minimum Gasteiger partial charge on any atom is -0.457 e. The number of fused-ring (bicyclic) bond motifs is 1. The molecule has 5 nitrogen and oxygen atoms in total. The highest BCUT2D eigenvalue weighted by atomic mass is 35.5. The monoisotopic (exact) mass is 324 g/mol. The Morgan fingerprint density at radius 3 is 3.14 bits per heavy atom. The second kappa shape index (κ2) is 6.54. The first kappa shape index (κ1) is 15.7. The van der Waals surface area contributed by atoms with Crippen LogP contribution in [0.3, 0.4) is 0 Å². The van der Waals surface area contributed by atoms with Gasteiger partial charge in [-0.1, -0.05) is 6.07 Å². The fourth-order valence-corrected chi connectivity index (χ4v) is 3.50. The lowest BCUT2D eigenvalue weighted by Gasteiger charge is -2.29. The van der Waals surface area contributed by atoms with Crippen molar-refractivity contribution in [3.8, 4) is 0 Å². The first-order valence-electron chi connectivity index (χ1n) is 7.68. The number of carbonyl (C=O) groups excluding carboxylic acids is 1. The first-order chi connectivity index (χ1) is 10.6. The molecule has 0 spiro atoms. The zero-order chi connectivity index (χ0) is 15.7. The van der Waals surface area contributed by atoms with Crippen LogP contribution in [0.25, 0.3) is 0 Å². The molecule has 2 aliphatic rings. The highest BCUT2D eigenvalue weighted by Crippen LogP contribution is 2.29. The third-order valence-electron chi connectivity index (χ3n) is 4.54. The van der Waals surface area contributed by atoms with E-state index in [4.69, 9.17) is 16.5 Å². The van der Waals surface area contributed by atoms with E-state index < -0.39 is 6.10 Å². The number of benzene rings is 1. The molecule has 2 atom stereocenters. The Bertz CT molecular complexity index is 579. The van der Waals surface area contributed by atoms with E-state index in [1.807, 2.05) is 13.0 Å². The Kier molecular flexibility index (Phi) is 4.68. The molecule has 2 heterocycles. The first-order valence-corrected chi connectivity index (χ1v) is 8.01. The summed E-state index contributed by atoms with van der Waals surface area (Å²) in [5, 5.41) is 13.8. The molecular weight excluding hydrogens is 304 g/mol. The van der Waals surface area contributed by atoms with Gasteiger partial charge in [-0.25, -0.2) is 9.21 Å². The normalized spacial score (nSPS) is 23.2. The number of hydrogen-bond acceptors (Lipinski definition) is 5. The van der Waals surface area contributed by atoms with Gasteiger partial charge < -0.3 is 15.2 Å². The third kappa shape index (κ3) is 3.13. The standard InChI is InChI=1S/C16H21ClN2O3/c1-10-12(4-5-13-14(10)9-22-16(13)21)15(20)7-18-11-3-2-6-19(17)8-11/h4-5,11,15,18,20H,2-3,6-9H2,1H3/t11?,15-/m0/s1. The summed E-state index contributed by atoms with van der Waals surface area (Å²) in [6.45, 7) is 4.42. The van der Waals surface area contributed by atoms with Crippen LogP contribution in [0.2, 0.25) is 0 Å². The molecule has 0 radical (unpaired) electrons. The molecule has 6 heteroatoms. The van der Waals surface area contributed by atoms with Crippen molar-refractivity contribution in [2.24, 2.45) is 0 Å². The van der Waals surface area contributed by atoms with Crippen LogP contribution in [0, 0.1) is 6.92 Å². The largest absolute Gasteiger partial charge is 0.457 e. The van der Waals surface area contributed by atoms with Crippen molar-refractivity contribution >= 4 is 17.7 Å². The molecule has 0 aliphatic carbocycles. The molecule has 1 saturated heterocycles. The topological polar surface area (TPSA) is 61.8 Å². The van der Waals surface area contributed by atoms with Crippen LogP contribution in [0.5, 0.6) is 0 Å². The molecule has 1 aromatic carbocycles. The molecule has 2 aliphatic heterocycles. The quantitative estimate of drug-likeness (QED) is 0.654. The Balaban J connectivity index is 1.65. The molecule has 2 N–H and O–H groups in total. The number of ether oxygens (including phenoxy) is 1. The summed E-state index contributed by atoms with van der Waals surface area (Å²) in [5.41, 5.74) is 3.31.